The number of rotatable bonds is 2. The van der Waals surface area contributed by atoms with Crippen LogP contribution in [-0.2, 0) is 6.54 Å². The molecule has 0 aromatic heterocycles. The van der Waals surface area contributed by atoms with Crippen LogP contribution < -0.4 is 10.6 Å². The molecule has 0 aliphatic carbocycles. The number of nitrogens with zero attached hydrogens (tertiary/aromatic N) is 1. The zero-order valence-corrected chi connectivity index (χ0v) is 9.52. The molecular formula is C11H13ClFN3. The molecule has 0 radical (unpaired) electrons. The first-order chi connectivity index (χ1) is 7.75. The predicted molar refractivity (Wildman–Crippen MR) is 63.2 cm³/mol. The summed E-state index contributed by atoms with van der Waals surface area (Å²) in [5.74, 6) is 0.442. The Labute approximate surface area is 98.7 Å². The second-order valence-electron chi connectivity index (χ2n) is 3.60. The molecule has 1 aliphatic rings. The van der Waals surface area contributed by atoms with E-state index in [1.54, 1.807) is 12.1 Å². The van der Waals surface area contributed by atoms with Crippen LogP contribution >= 0.6 is 11.6 Å². The summed E-state index contributed by atoms with van der Waals surface area (Å²) < 4.78 is 13.4. The minimum atomic E-state index is -0.295. The van der Waals surface area contributed by atoms with Gasteiger partial charge in [0.2, 0.25) is 0 Å². The van der Waals surface area contributed by atoms with E-state index in [2.05, 4.69) is 15.6 Å². The molecule has 16 heavy (non-hydrogen) atoms. The van der Waals surface area contributed by atoms with Gasteiger partial charge >= 0.3 is 0 Å². The van der Waals surface area contributed by atoms with Crippen LogP contribution in [0.2, 0.25) is 5.02 Å². The second-order valence-corrected chi connectivity index (χ2v) is 4.04. The zero-order valence-electron chi connectivity index (χ0n) is 8.76. The van der Waals surface area contributed by atoms with Crippen molar-refractivity contribution in [2.75, 3.05) is 13.1 Å². The Bertz CT molecular complexity index is 406. The van der Waals surface area contributed by atoms with Crippen molar-refractivity contribution in [3.8, 4) is 0 Å². The van der Waals surface area contributed by atoms with Gasteiger partial charge in [-0.3, -0.25) is 4.99 Å². The van der Waals surface area contributed by atoms with Gasteiger partial charge in [0.25, 0.3) is 0 Å². The van der Waals surface area contributed by atoms with Gasteiger partial charge in [-0.1, -0.05) is 17.7 Å². The molecule has 5 heteroatoms. The average molecular weight is 242 g/mol. The summed E-state index contributed by atoms with van der Waals surface area (Å²) in [5, 5.41) is 6.58. The third-order valence-corrected chi connectivity index (χ3v) is 2.59. The van der Waals surface area contributed by atoms with Crippen molar-refractivity contribution in [1.82, 2.24) is 10.6 Å². The molecule has 0 saturated heterocycles. The summed E-state index contributed by atoms with van der Waals surface area (Å²) in [7, 11) is 0. The molecule has 86 valence electrons. The Hall–Kier alpha value is -1.29. The summed E-state index contributed by atoms with van der Waals surface area (Å²) in [6.07, 6.45) is 1.04. The maximum Gasteiger partial charge on any atom is 0.191 e. The van der Waals surface area contributed by atoms with Gasteiger partial charge in [-0.2, -0.15) is 0 Å². The number of nitrogens with one attached hydrogen (secondary N) is 2. The highest BCUT2D eigenvalue weighted by molar-refractivity contribution is 6.30. The van der Waals surface area contributed by atoms with Crippen LogP contribution in [0.1, 0.15) is 12.0 Å². The third kappa shape index (κ3) is 2.85. The van der Waals surface area contributed by atoms with Gasteiger partial charge in [-0.15, -0.1) is 0 Å². The fraction of sp³-hybridized carbons (Fsp3) is 0.364. The highest BCUT2D eigenvalue weighted by Gasteiger charge is 2.06. The number of hydrogen-bond donors (Lipinski definition) is 2. The van der Waals surface area contributed by atoms with E-state index < -0.39 is 0 Å². The summed E-state index contributed by atoms with van der Waals surface area (Å²) in [6, 6.07) is 4.67. The van der Waals surface area contributed by atoms with E-state index >= 15 is 0 Å². The predicted octanol–water partition coefficient (Wildman–Crippen LogP) is 1.92. The second kappa shape index (κ2) is 5.16. The van der Waals surface area contributed by atoms with E-state index in [0.29, 0.717) is 17.1 Å². The lowest BCUT2D eigenvalue weighted by molar-refractivity contribution is 0.603. The molecule has 0 fully saturated rings. The van der Waals surface area contributed by atoms with Gasteiger partial charge in [0.15, 0.2) is 5.96 Å². The molecular weight excluding hydrogens is 229 g/mol. The number of aliphatic imine (C=N–C) groups is 1. The average Bonchev–Trinajstić information content (AvgIpc) is 2.29. The molecule has 1 heterocycles. The van der Waals surface area contributed by atoms with E-state index in [1.807, 2.05) is 0 Å². The minimum Gasteiger partial charge on any atom is -0.356 e. The largest absolute Gasteiger partial charge is 0.356 e. The number of benzene rings is 1. The molecule has 2 rings (SSSR count). The number of hydrogen-bond acceptors (Lipinski definition) is 3. The van der Waals surface area contributed by atoms with Crippen LogP contribution in [0, 0.1) is 5.82 Å². The van der Waals surface area contributed by atoms with E-state index in [1.165, 1.54) is 6.07 Å². The van der Waals surface area contributed by atoms with Gasteiger partial charge < -0.3 is 10.6 Å². The molecule has 0 bridgehead atoms. The SMILES string of the molecule is Fc1cc(Cl)ccc1CNC1=NCCCN1. The first-order valence-corrected chi connectivity index (χ1v) is 5.59. The fourth-order valence-corrected chi connectivity index (χ4v) is 1.65. The maximum absolute atomic E-state index is 13.4. The van der Waals surface area contributed by atoms with Gasteiger partial charge in [-0.05, 0) is 18.6 Å². The van der Waals surface area contributed by atoms with Crippen molar-refractivity contribution in [3.05, 3.63) is 34.6 Å². The fourth-order valence-electron chi connectivity index (χ4n) is 1.50. The molecule has 3 nitrogen and oxygen atoms in total. The van der Waals surface area contributed by atoms with Crippen LogP contribution in [0.5, 0.6) is 0 Å². The molecule has 1 aromatic rings. The lowest BCUT2D eigenvalue weighted by Crippen LogP contribution is -2.40. The van der Waals surface area contributed by atoms with Crippen LogP contribution in [0.4, 0.5) is 4.39 Å². The van der Waals surface area contributed by atoms with Crippen LogP contribution in [0.3, 0.4) is 0 Å². The van der Waals surface area contributed by atoms with Crippen molar-refractivity contribution in [3.63, 3.8) is 0 Å². The summed E-state index contributed by atoms with van der Waals surface area (Å²) in [6.45, 7) is 2.14. The summed E-state index contributed by atoms with van der Waals surface area (Å²) in [5.41, 5.74) is 0.583. The van der Waals surface area contributed by atoms with Crippen molar-refractivity contribution >= 4 is 17.6 Å². The zero-order chi connectivity index (χ0) is 11.4. The molecule has 0 saturated carbocycles. The Morgan fingerprint density at radius 3 is 3.06 bits per heavy atom. The standard InChI is InChI=1S/C11H13ClFN3/c12-9-3-2-8(10(13)6-9)7-16-11-14-4-1-5-15-11/h2-3,6H,1,4-5,7H2,(H2,14,15,16). The highest BCUT2D eigenvalue weighted by Crippen LogP contribution is 2.14. The highest BCUT2D eigenvalue weighted by atomic mass is 35.5. The molecule has 0 spiro atoms. The minimum absolute atomic E-state index is 0.295. The monoisotopic (exact) mass is 241 g/mol. The molecule has 0 unspecified atom stereocenters. The van der Waals surface area contributed by atoms with Gasteiger partial charge in [-0.25, -0.2) is 4.39 Å². The number of guanidine groups is 1. The normalized spacial score (nSPS) is 15.2. The van der Waals surface area contributed by atoms with Gasteiger partial charge in [0.05, 0.1) is 0 Å². The Morgan fingerprint density at radius 1 is 1.50 bits per heavy atom. The topological polar surface area (TPSA) is 36.4 Å². The van der Waals surface area contributed by atoms with Crippen LogP contribution in [0.15, 0.2) is 23.2 Å². The summed E-state index contributed by atoms with van der Waals surface area (Å²) >= 11 is 5.67. The molecule has 1 aliphatic heterocycles. The van der Waals surface area contributed by atoms with E-state index in [4.69, 9.17) is 11.6 Å². The van der Waals surface area contributed by atoms with Gasteiger partial charge in [0.1, 0.15) is 5.82 Å². The Balaban J connectivity index is 1.96. The molecule has 2 N–H and O–H groups in total. The smallest absolute Gasteiger partial charge is 0.191 e. The third-order valence-electron chi connectivity index (χ3n) is 2.36. The lowest BCUT2D eigenvalue weighted by Gasteiger charge is -2.16. The molecule has 0 atom stereocenters. The quantitative estimate of drug-likeness (QED) is 0.830. The Kier molecular flexibility index (Phi) is 3.62. The number of halogens is 2. The van der Waals surface area contributed by atoms with Gasteiger partial charge in [0, 0.05) is 30.2 Å². The molecule has 0 amide bonds. The summed E-state index contributed by atoms with van der Waals surface area (Å²) in [4.78, 5) is 4.24. The van der Waals surface area contributed by atoms with Crippen LogP contribution in [0.25, 0.3) is 0 Å². The first-order valence-electron chi connectivity index (χ1n) is 5.22. The van der Waals surface area contributed by atoms with Crippen molar-refractivity contribution in [2.45, 2.75) is 13.0 Å². The Morgan fingerprint density at radius 2 is 2.38 bits per heavy atom. The van der Waals surface area contributed by atoms with E-state index in [0.717, 1.165) is 25.5 Å². The molecule has 1 aromatic carbocycles. The van der Waals surface area contributed by atoms with Crippen molar-refractivity contribution in [1.29, 1.82) is 0 Å². The van der Waals surface area contributed by atoms with Crippen LogP contribution in [-0.4, -0.2) is 19.0 Å². The van der Waals surface area contributed by atoms with Crippen molar-refractivity contribution in [2.24, 2.45) is 4.99 Å². The van der Waals surface area contributed by atoms with Crippen molar-refractivity contribution < 1.29 is 4.39 Å². The lowest BCUT2D eigenvalue weighted by atomic mass is 10.2. The first kappa shape index (κ1) is 11.2. The van der Waals surface area contributed by atoms with E-state index in [-0.39, 0.29) is 5.82 Å². The van der Waals surface area contributed by atoms with E-state index in [9.17, 15) is 4.39 Å². The maximum atomic E-state index is 13.4.